The largest absolute Gasteiger partial charge is 0.458 e. The Balaban J connectivity index is 1.58. The minimum Gasteiger partial charge on any atom is -0.458 e. The van der Waals surface area contributed by atoms with Crippen LogP contribution in [0.15, 0.2) is 0 Å². The van der Waals surface area contributed by atoms with Gasteiger partial charge in [-0.05, 0) is 31.6 Å². The first kappa shape index (κ1) is 16.8. The predicted octanol–water partition coefficient (Wildman–Crippen LogP) is 1.37. The lowest BCUT2D eigenvalue weighted by Gasteiger charge is -2.36. The van der Waals surface area contributed by atoms with Crippen molar-refractivity contribution in [3.05, 3.63) is 0 Å². The summed E-state index contributed by atoms with van der Waals surface area (Å²) >= 11 is 0. The maximum atomic E-state index is 13.0. The van der Waals surface area contributed by atoms with E-state index >= 15 is 0 Å². The van der Waals surface area contributed by atoms with Gasteiger partial charge in [0.15, 0.2) is 12.2 Å². The molecule has 6 unspecified atom stereocenters. The molecule has 7 nitrogen and oxygen atoms in total. The molecule has 2 bridgehead atoms. The molecule has 3 aliphatic heterocycles. The molecule has 4 aliphatic rings. The predicted molar refractivity (Wildman–Crippen MR) is 83.2 cm³/mol. The second-order valence-corrected chi connectivity index (χ2v) is 7.94. The lowest BCUT2D eigenvalue weighted by Crippen LogP contribution is -2.50. The van der Waals surface area contributed by atoms with E-state index in [0.29, 0.717) is 0 Å². The second kappa shape index (κ2) is 5.69. The number of hydrogen-bond donors (Lipinski definition) is 0. The lowest BCUT2D eigenvalue weighted by molar-refractivity contribution is -0.177. The Morgan fingerprint density at radius 3 is 2.44 bits per heavy atom. The summed E-state index contributed by atoms with van der Waals surface area (Å²) in [6, 6.07) is 0. The Morgan fingerprint density at radius 1 is 1.16 bits per heavy atom. The Hall–Kier alpha value is -1.63. The molecule has 0 spiro atoms. The summed E-state index contributed by atoms with van der Waals surface area (Å²) < 4.78 is 22.4. The van der Waals surface area contributed by atoms with E-state index in [1.54, 1.807) is 0 Å². The van der Waals surface area contributed by atoms with E-state index in [1.807, 2.05) is 0 Å². The van der Waals surface area contributed by atoms with Crippen molar-refractivity contribution in [2.24, 2.45) is 17.8 Å². The zero-order valence-electron chi connectivity index (χ0n) is 14.7. The van der Waals surface area contributed by atoms with Crippen LogP contribution in [-0.2, 0) is 33.3 Å². The van der Waals surface area contributed by atoms with Crippen LogP contribution in [0.4, 0.5) is 0 Å². The van der Waals surface area contributed by atoms with Crippen molar-refractivity contribution < 1.29 is 33.3 Å². The molecular formula is C18H24O7. The maximum absolute atomic E-state index is 13.0. The van der Waals surface area contributed by atoms with Gasteiger partial charge in [0, 0.05) is 6.92 Å². The van der Waals surface area contributed by atoms with E-state index in [2.05, 4.69) is 13.8 Å². The van der Waals surface area contributed by atoms with Crippen LogP contribution in [0.1, 0.15) is 46.5 Å². The van der Waals surface area contributed by atoms with E-state index in [0.717, 1.165) is 25.7 Å². The average Bonchev–Trinajstić information content (AvgIpc) is 3.24. The van der Waals surface area contributed by atoms with Crippen molar-refractivity contribution in [1.82, 2.24) is 0 Å². The molecular weight excluding hydrogens is 328 g/mol. The van der Waals surface area contributed by atoms with Gasteiger partial charge in [0.1, 0.15) is 29.6 Å². The minimum absolute atomic E-state index is 0.200. The topological polar surface area (TPSA) is 88.1 Å². The maximum Gasteiger partial charge on any atom is 0.313 e. The number of carbonyl (C=O) groups is 3. The van der Waals surface area contributed by atoms with E-state index in [1.165, 1.54) is 6.92 Å². The molecule has 0 aromatic heterocycles. The summed E-state index contributed by atoms with van der Waals surface area (Å²) in [4.78, 5) is 36.6. The lowest BCUT2D eigenvalue weighted by atomic mass is 9.78. The van der Waals surface area contributed by atoms with Crippen LogP contribution in [0.2, 0.25) is 0 Å². The molecule has 3 saturated heterocycles. The first-order chi connectivity index (χ1) is 11.8. The monoisotopic (exact) mass is 352 g/mol. The van der Waals surface area contributed by atoms with Crippen molar-refractivity contribution in [1.29, 1.82) is 0 Å². The highest BCUT2D eigenvalue weighted by atomic mass is 16.7. The number of esters is 3. The fraction of sp³-hybridized carbons (Fsp3) is 0.833. The van der Waals surface area contributed by atoms with Gasteiger partial charge >= 0.3 is 17.9 Å². The third-order valence-corrected chi connectivity index (χ3v) is 6.29. The summed E-state index contributed by atoms with van der Waals surface area (Å²) in [7, 11) is 0. The van der Waals surface area contributed by atoms with E-state index in [9.17, 15) is 14.4 Å². The summed E-state index contributed by atoms with van der Waals surface area (Å²) in [6.45, 7) is 5.40. The summed E-state index contributed by atoms with van der Waals surface area (Å²) in [6.07, 6.45) is 1.19. The average molecular weight is 352 g/mol. The standard InChI is InChI=1S/C18H24O7/c1-8(2)18(6-4-5-7-18)25-17(21)11-10-12-15(24-16(10)20)14(13(11)23-12)22-9(3)19/h8,10-15H,4-7H2,1-3H3. The molecule has 0 aromatic rings. The van der Waals surface area contributed by atoms with Crippen LogP contribution in [-0.4, -0.2) is 47.9 Å². The van der Waals surface area contributed by atoms with Crippen LogP contribution in [0.3, 0.4) is 0 Å². The van der Waals surface area contributed by atoms with Crippen molar-refractivity contribution >= 4 is 17.9 Å². The van der Waals surface area contributed by atoms with Crippen LogP contribution in [0.5, 0.6) is 0 Å². The molecule has 0 amide bonds. The molecule has 6 atom stereocenters. The zero-order chi connectivity index (χ0) is 17.9. The van der Waals surface area contributed by atoms with Gasteiger partial charge < -0.3 is 18.9 Å². The van der Waals surface area contributed by atoms with E-state index in [4.69, 9.17) is 18.9 Å². The first-order valence-corrected chi connectivity index (χ1v) is 9.10. The number of fused-ring (bicyclic) bond motifs is 1. The van der Waals surface area contributed by atoms with Gasteiger partial charge in [0.25, 0.3) is 0 Å². The van der Waals surface area contributed by atoms with Crippen molar-refractivity contribution in [2.45, 2.75) is 76.5 Å². The Bertz CT molecular complexity index is 607. The molecule has 4 rings (SSSR count). The third-order valence-electron chi connectivity index (χ3n) is 6.29. The van der Waals surface area contributed by atoms with E-state index < -0.39 is 59.8 Å². The number of ether oxygens (including phenoxy) is 4. The molecule has 0 radical (unpaired) electrons. The Labute approximate surface area is 146 Å². The van der Waals surface area contributed by atoms with E-state index in [-0.39, 0.29) is 5.92 Å². The zero-order valence-corrected chi connectivity index (χ0v) is 14.7. The van der Waals surface area contributed by atoms with Gasteiger partial charge in [0.2, 0.25) is 0 Å². The van der Waals surface area contributed by atoms with Gasteiger partial charge in [0.05, 0.1) is 0 Å². The summed E-state index contributed by atoms with van der Waals surface area (Å²) in [5.74, 6) is -2.59. The normalized spacial score (nSPS) is 40.4. The second-order valence-electron chi connectivity index (χ2n) is 7.94. The number of rotatable bonds is 4. The molecule has 3 heterocycles. The Kier molecular flexibility index (Phi) is 3.83. The van der Waals surface area contributed by atoms with Gasteiger partial charge in [-0.15, -0.1) is 0 Å². The van der Waals surface area contributed by atoms with Gasteiger partial charge in [-0.1, -0.05) is 13.8 Å². The first-order valence-electron chi connectivity index (χ1n) is 9.10. The van der Waals surface area contributed by atoms with Crippen LogP contribution in [0, 0.1) is 17.8 Å². The van der Waals surface area contributed by atoms with Crippen molar-refractivity contribution in [3.8, 4) is 0 Å². The highest BCUT2D eigenvalue weighted by Gasteiger charge is 2.72. The molecule has 25 heavy (non-hydrogen) atoms. The molecule has 0 N–H and O–H groups in total. The van der Waals surface area contributed by atoms with Gasteiger partial charge in [-0.2, -0.15) is 0 Å². The number of carbonyl (C=O) groups excluding carboxylic acids is 3. The molecule has 1 aliphatic carbocycles. The summed E-state index contributed by atoms with van der Waals surface area (Å²) in [5.41, 5.74) is -0.474. The Morgan fingerprint density at radius 2 is 1.84 bits per heavy atom. The minimum atomic E-state index is -0.767. The highest BCUT2D eigenvalue weighted by Crippen LogP contribution is 2.52. The van der Waals surface area contributed by atoms with Crippen molar-refractivity contribution in [2.75, 3.05) is 0 Å². The third kappa shape index (κ3) is 2.39. The molecule has 1 saturated carbocycles. The van der Waals surface area contributed by atoms with Crippen LogP contribution >= 0.6 is 0 Å². The number of hydrogen-bond acceptors (Lipinski definition) is 7. The molecule has 7 heteroatoms. The summed E-state index contributed by atoms with van der Waals surface area (Å²) in [5, 5.41) is 0. The van der Waals surface area contributed by atoms with Gasteiger partial charge in [-0.25, -0.2) is 0 Å². The quantitative estimate of drug-likeness (QED) is 0.558. The fourth-order valence-corrected chi connectivity index (χ4v) is 4.97. The molecule has 138 valence electrons. The molecule has 0 aromatic carbocycles. The van der Waals surface area contributed by atoms with Crippen LogP contribution in [0.25, 0.3) is 0 Å². The fourth-order valence-electron chi connectivity index (χ4n) is 4.97. The molecule has 4 fully saturated rings. The smallest absolute Gasteiger partial charge is 0.313 e. The highest BCUT2D eigenvalue weighted by molar-refractivity contribution is 5.87. The van der Waals surface area contributed by atoms with Crippen LogP contribution < -0.4 is 0 Å². The van der Waals surface area contributed by atoms with Gasteiger partial charge in [-0.3, -0.25) is 14.4 Å². The van der Waals surface area contributed by atoms with Crippen molar-refractivity contribution in [3.63, 3.8) is 0 Å². The SMILES string of the molecule is CC(=O)OC1C2OC(=O)C3C2OC1C3C(=O)OC1(C(C)C)CCCC1.